The van der Waals surface area contributed by atoms with Gasteiger partial charge < -0.3 is 0 Å². The number of halogens is 3. The number of nitrogens with one attached hydrogen (secondary N) is 1. The lowest BCUT2D eigenvalue weighted by atomic mass is 10.4. The standard InChI is InChI=1S/C11H15F3N4O3S/c12-11(13,14)9-3-4-10(19)18(16-9)8-5-15-22(20,21)17-6-1-2-7-17/h3-4,15H,1-2,5-8H2. The van der Waals surface area contributed by atoms with Crippen molar-refractivity contribution in [2.24, 2.45) is 0 Å². The van der Waals surface area contributed by atoms with Crippen LogP contribution in [-0.4, -0.2) is 42.1 Å². The smallest absolute Gasteiger partial charge is 0.268 e. The molecule has 7 nitrogen and oxygen atoms in total. The molecule has 1 N–H and O–H groups in total. The number of nitrogens with zero attached hydrogens (tertiary/aromatic N) is 3. The molecule has 11 heteroatoms. The second-order valence-electron chi connectivity index (χ2n) is 4.78. The highest BCUT2D eigenvalue weighted by atomic mass is 32.2. The van der Waals surface area contributed by atoms with Crippen molar-refractivity contribution in [3.05, 3.63) is 28.2 Å². The number of rotatable bonds is 5. The Labute approximate surface area is 124 Å². The molecule has 1 aromatic heterocycles. The maximum absolute atomic E-state index is 12.5. The molecule has 1 aliphatic heterocycles. The fraction of sp³-hybridized carbons (Fsp3) is 0.636. The van der Waals surface area contributed by atoms with Gasteiger partial charge in [-0.1, -0.05) is 0 Å². The van der Waals surface area contributed by atoms with Crippen LogP contribution in [0.4, 0.5) is 13.2 Å². The molecule has 0 atom stereocenters. The lowest BCUT2D eigenvalue weighted by Crippen LogP contribution is -2.41. The molecule has 2 rings (SSSR count). The van der Waals surface area contributed by atoms with Gasteiger partial charge in [-0.15, -0.1) is 0 Å². The van der Waals surface area contributed by atoms with Crippen molar-refractivity contribution in [1.29, 1.82) is 0 Å². The predicted molar refractivity (Wildman–Crippen MR) is 71.2 cm³/mol. The third-order valence-electron chi connectivity index (χ3n) is 3.17. The molecular formula is C11H15F3N4O3S. The lowest BCUT2D eigenvalue weighted by Gasteiger charge is -2.16. The summed E-state index contributed by atoms with van der Waals surface area (Å²) >= 11 is 0. The summed E-state index contributed by atoms with van der Waals surface area (Å²) in [6.07, 6.45) is -3.12. The first kappa shape index (κ1) is 16.9. The second kappa shape index (κ2) is 6.34. The van der Waals surface area contributed by atoms with E-state index in [-0.39, 0.29) is 13.1 Å². The summed E-state index contributed by atoms with van der Waals surface area (Å²) in [4.78, 5) is 11.5. The molecule has 124 valence electrons. The topological polar surface area (TPSA) is 84.3 Å². The van der Waals surface area contributed by atoms with Crippen LogP contribution in [0, 0.1) is 0 Å². The zero-order valence-corrected chi connectivity index (χ0v) is 12.3. The summed E-state index contributed by atoms with van der Waals surface area (Å²) < 4.78 is 65.4. The van der Waals surface area contributed by atoms with E-state index in [0.29, 0.717) is 23.8 Å². The van der Waals surface area contributed by atoms with Gasteiger partial charge in [-0.25, -0.2) is 9.40 Å². The number of hydrogen-bond donors (Lipinski definition) is 1. The number of alkyl halides is 3. The van der Waals surface area contributed by atoms with Gasteiger partial charge in [-0.05, 0) is 18.9 Å². The van der Waals surface area contributed by atoms with Crippen LogP contribution in [0.5, 0.6) is 0 Å². The van der Waals surface area contributed by atoms with Crippen LogP contribution in [-0.2, 0) is 22.9 Å². The van der Waals surface area contributed by atoms with Crippen molar-refractivity contribution in [2.45, 2.75) is 25.6 Å². The van der Waals surface area contributed by atoms with E-state index in [1.807, 2.05) is 0 Å². The van der Waals surface area contributed by atoms with E-state index >= 15 is 0 Å². The number of aromatic nitrogens is 2. The first-order valence-electron chi connectivity index (χ1n) is 6.60. The molecule has 0 radical (unpaired) electrons. The van der Waals surface area contributed by atoms with Crippen molar-refractivity contribution < 1.29 is 21.6 Å². The summed E-state index contributed by atoms with van der Waals surface area (Å²) in [5, 5.41) is 3.19. The van der Waals surface area contributed by atoms with Crippen molar-refractivity contribution >= 4 is 10.2 Å². The largest absolute Gasteiger partial charge is 0.435 e. The van der Waals surface area contributed by atoms with Crippen molar-refractivity contribution in [1.82, 2.24) is 18.8 Å². The molecule has 0 unspecified atom stereocenters. The van der Waals surface area contributed by atoms with Gasteiger partial charge in [0.15, 0.2) is 5.69 Å². The highest BCUT2D eigenvalue weighted by Crippen LogP contribution is 2.26. The van der Waals surface area contributed by atoms with Crippen molar-refractivity contribution in [3.8, 4) is 0 Å². The molecule has 0 bridgehead atoms. The molecule has 0 aromatic carbocycles. The highest BCUT2D eigenvalue weighted by Gasteiger charge is 2.33. The van der Waals surface area contributed by atoms with Crippen LogP contribution < -0.4 is 10.3 Å². The molecule has 0 saturated carbocycles. The van der Waals surface area contributed by atoms with Gasteiger partial charge in [0.25, 0.3) is 15.8 Å². The van der Waals surface area contributed by atoms with Crippen LogP contribution in [0.3, 0.4) is 0 Å². The summed E-state index contributed by atoms with van der Waals surface area (Å²) in [6.45, 7) is 0.330. The van der Waals surface area contributed by atoms with Crippen LogP contribution in [0.1, 0.15) is 18.5 Å². The van der Waals surface area contributed by atoms with Gasteiger partial charge in [0.1, 0.15) is 0 Å². The third kappa shape index (κ3) is 4.05. The lowest BCUT2D eigenvalue weighted by molar-refractivity contribution is -0.142. The molecule has 1 aromatic rings. The molecule has 1 aliphatic rings. The summed E-state index contributed by atoms with van der Waals surface area (Å²) in [6, 6.07) is 1.35. The minimum absolute atomic E-state index is 0.215. The van der Waals surface area contributed by atoms with E-state index in [0.717, 1.165) is 18.9 Å². The van der Waals surface area contributed by atoms with Gasteiger partial charge in [0, 0.05) is 25.7 Å². The molecule has 2 heterocycles. The van der Waals surface area contributed by atoms with E-state index in [4.69, 9.17) is 0 Å². The summed E-state index contributed by atoms with van der Waals surface area (Å²) in [7, 11) is -3.66. The van der Waals surface area contributed by atoms with Crippen LogP contribution in [0.15, 0.2) is 16.9 Å². The quantitative estimate of drug-likeness (QED) is 0.829. The van der Waals surface area contributed by atoms with Crippen LogP contribution in [0.2, 0.25) is 0 Å². The Kier molecular flexibility index (Phi) is 4.87. The minimum Gasteiger partial charge on any atom is -0.268 e. The first-order chi connectivity index (χ1) is 10.2. The van der Waals surface area contributed by atoms with Crippen LogP contribution >= 0.6 is 0 Å². The van der Waals surface area contributed by atoms with E-state index in [9.17, 15) is 26.4 Å². The molecular weight excluding hydrogens is 325 g/mol. The molecule has 22 heavy (non-hydrogen) atoms. The van der Waals surface area contributed by atoms with Gasteiger partial charge >= 0.3 is 6.18 Å². The SMILES string of the molecule is O=c1ccc(C(F)(F)F)nn1CCNS(=O)(=O)N1CCCC1. The summed E-state index contributed by atoms with van der Waals surface area (Å²) in [5.41, 5.74) is -1.93. The maximum Gasteiger partial charge on any atom is 0.435 e. The zero-order valence-electron chi connectivity index (χ0n) is 11.5. The van der Waals surface area contributed by atoms with Crippen LogP contribution in [0.25, 0.3) is 0 Å². The fourth-order valence-electron chi connectivity index (χ4n) is 2.06. The Morgan fingerprint density at radius 2 is 1.86 bits per heavy atom. The Hall–Kier alpha value is -1.46. The summed E-state index contributed by atoms with van der Waals surface area (Å²) in [5.74, 6) is 0. The molecule has 0 amide bonds. The van der Waals surface area contributed by atoms with E-state index in [2.05, 4.69) is 9.82 Å². The third-order valence-corrected chi connectivity index (χ3v) is 4.78. The van der Waals surface area contributed by atoms with Gasteiger partial charge in [-0.3, -0.25) is 4.79 Å². The predicted octanol–water partition coefficient (Wildman–Crippen LogP) is 0.192. The van der Waals surface area contributed by atoms with Gasteiger partial charge in [0.05, 0.1) is 6.54 Å². The van der Waals surface area contributed by atoms with Crippen molar-refractivity contribution in [2.75, 3.05) is 19.6 Å². The van der Waals surface area contributed by atoms with E-state index in [1.165, 1.54) is 4.31 Å². The van der Waals surface area contributed by atoms with Crippen molar-refractivity contribution in [3.63, 3.8) is 0 Å². The minimum atomic E-state index is -4.66. The highest BCUT2D eigenvalue weighted by molar-refractivity contribution is 7.87. The number of hydrogen-bond acceptors (Lipinski definition) is 4. The average Bonchev–Trinajstić information content (AvgIpc) is 2.94. The second-order valence-corrected chi connectivity index (χ2v) is 6.54. The van der Waals surface area contributed by atoms with Gasteiger partial charge in [0.2, 0.25) is 0 Å². The Morgan fingerprint density at radius 1 is 1.23 bits per heavy atom. The Balaban J connectivity index is 2.01. The average molecular weight is 340 g/mol. The zero-order chi connectivity index (χ0) is 16.4. The Bertz CT molecular complexity index is 681. The van der Waals surface area contributed by atoms with E-state index in [1.54, 1.807) is 0 Å². The Morgan fingerprint density at radius 3 is 2.45 bits per heavy atom. The van der Waals surface area contributed by atoms with E-state index < -0.39 is 27.6 Å². The first-order valence-corrected chi connectivity index (χ1v) is 8.04. The maximum atomic E-state index is 12.5. The molecule has 1 saturated heterocycles. The normalized spacial score (nSPS) is 17.0. The van der Waals surface area contributed by atoms with Gasteiger partial charge in [-0.2, -0.15) is 31.0 Å². The molecule has 0 aliphatic carbocycles. The molecule has 1 fully saturated rings. The monoisotopic (exact) mass is 340 g/mol. The molecule has 0 spiro atoms. The fourth-order valence-corrected chi connectivity index (χ4v) is 3.33.